The van der Waals surface area contributed by atoms with Crippen LogP contribution in [0.25, 0.3) is 0 Å². The molecular formula is C25H28N8O4S. The Kier molecular flexibility index (Phi) is 7.36. The molecular weight excluding hydrogens is 508 g/mol. The summed E-state index contributed by atoms with van der Waals surface area (Å²) in [6.07, 6.45) is 4.06. The number of rotatable bonds is 6. The fourth-order valence-corrected chi connectivity index (χ4v) is 4.92. The van der Waals surface area contributed by atoms with Crippen molar-refractivity contribution in [3.05, 3.63) is 65.9 Å². The van der Waals surface area contributed by atoms with Gasteiger partial charge in [0.15, 0.2) is 17.4 Å². The van der Waals surface area contributed by atoms with E-state index >= 15 is 0 Å². The molecule has 198 valence electrons. The molecule has 38 heavy (non-hydrogen) atoms. The van der Waals surface area contributed by atoms with E-state index in [2.05, 4.69) is 29.4 Å². The first-order valence-corrected chi connectivity index (χ1v) is 13.3. The number of carbonyl (C=O) groups is 1. The number of aromatic nitrogens is 2. The number of benzene rings is 1. The van der Waals surface area contributed by atoms with Crippen molar-refractivity contribution in [2.75, 3.05) is 36.4 Å². The molecule has 0 saturated carbocycles. The number of nitrogens with zero attached hydrogens (tertiary/aromatic N) is 6. The molecule has 2 aliphatic rings. The highest BCUT2D eigenvalue weighted by molar-refractivity contribution is 7.83. The van der Waals surface area contributed by atoms with Crippen molar-refractivity contribution in [3.63, 3.8) is 0 Å². The predicted octanol–water partition coefficient (Wildman–Crippen LogP) is 2.59. The molecule has 1 fully saturated rings. The van der Waals surface area contributed by atoms with E-state index in [4.69, 9.17) is 4.42 Å². The van der Waals surface area contributed by atoms with Crippen LogP contribution in [0.5, 0.6) is 5.75 Å². The molecule has 3 aromatic rings. The lowest BCUT2D eigenvalue weighted by molar-refractivity contribution is 0.0743. The number of amides is 1. The van der Waals surface area contributed by atoms with Crippen LogP contribution in [0.15, 0.2) is 62.0 Å². The lowest BCUT2D eigenvalue weighted by atomic mass is 10.1. The molecule has 0 spiro atoms. The Morgan fingerprint density at radius 2 is 1.82 bits per heavy atom. The molecule has 1 saturated heterocycles. The largest absolute Gasteiger partial charge is 0.505 e. The SMILES string of the molecule is CC[C@@H](NC1=NS(=O)N=C1Nc1cccc(C(=O)N2CCN(c3ncccn3)CC2)c1O)c1ccc(C)o1. The molecule has 2 aliphatic heterocycles. The van der Waals surface area contributed by atoms with Crippen LogP contribution in [-0.2, 0) is 11.2 Å². The first-order valence-electron chi connectivity index (χ1n) is 12.3. The van der Waals surface area contributed by atoms with Crippen molar-refractivity contribution in [1.29, 1.82) is 0 Å². The van der Waals surface area contributed by atoms with Crippen LogP contribution in [0.1, 0.15) is 41.3 Å². The summed E-state index contributed by atoms with van der Waals surface area (Å²) in [5.74, 6) is 2.09. The minimum atomic E-state index is -1.82. The summed E-state index contributed by atoms with van der Waals surface area (Å²) in [4.78, 5) is 25.5. The highest BCUT2D eigenvalue weighted by Gasteiger charge is 2.28. The first kappa shape index (κ1) is 25.4. The molecule has 13 heteroatoms. The summed E-state index contributed by atoms with van der Waals surface area (Å²) in [7, 11) is 0. The second-order valence-corrected chi connectivity index (χ2v) is 9.65. The minimum absolute atomic E-state index is 0.156. The second-order valence-electron chi connectivity index (χ2n) is 8.82. The third-order valence-corrected chi connectivity index (χ3v) is 6.99. The van der Waals surface area contributed by atoms with Gasteiger partial charge in [0.2, 0.25) is 5.95 Å². The maximum atomic E-state index is 13.3. The summed E-state index contributed by atoms with van der Waals surface area (Å²) in [6, 6.07) is 10.1. The number of phenols is 1. The summed E-state index contributed by atoms with van der Waals surface area (Å²) in [5.41, 5.74) is 0.407. The Morgan fingerprint density at radius 3 is 2.50 bits per heavy atom. The fraction of sp³-hybridized carbons (Fsp3) is 0.320. The van der Waals surface area contributed by atoms with Crippen LogP contribution >= 0.6 is 0 Å². The van der Waals surface area contributed by atoms with E-state index in [9.17, 15) is 14.1 Å². The Balaban J connectivity index is 1.28. The van der Waals surface area contributed by atoms with Gasteiger partial charge in [-0.3, -0.25) is 4.79 Å². The molecule has 0 radical (unpaired) electrons. The van der Waals surface area contributed by atoms with Gasteiger partial charge in [-0.2, -0.15) is 0 Å². The Hall–Kier alpha value is -4.26. The molecule has 0 bridgehead atoms. The maximum Gasteiger partial charge on any atom is 0.269 e. The van der Waals surface area contributed by atoms with Crippen molar-refractivity contribution in [2.24, 2.45) is 8.80 Å². The highest BCUT2D eigenvalue weighted by Crippen LogP contribution is 2.30. The van der Waals surface area contributed by atoms with Gasteiger partial charge in [0.05, 0.1) is 17.3 Å². The van der Waals surface area contributed by atoms with Gasteiger partial charge < -0.3 is 30.0 Å². The van der Waals surface area contributed by atoms with Gasteiger partial charge in [0, 0.05) is 38.6 Å². The van der Waals surface area contributed by atoms with E-state index in [0.717, 1.165) is 11.5 Å². The van der Waals surface area contributed by atoms with E-state index in [1.807, 2.05) is 30.9 Å². The smallest absolute Gasteiger partial charge is 0.269 e. The molecule has 5 rings (SSSR count). The Bertz CT molecular complexity index is 1400. The number of hydrogen-bond acceptors (Lipinski definition) is 9. The van der Waals surface area contributed by atoms with Crippen LogP contribution < -0.4 is 15.5 Å². The van der Waals surface area contributed by atoms with Gasteiger partial charge in [-0.15, -0.1) is 8.80 Å². The Morgan fingerprint density at radius 1 is 1.08 bits per heavy atom. The number of phenolic OH excluding ortho intramolecular Hbond substituents is 1. The van der Waals surface area contributed by atoms with Crippen molar-refractivity contribution in [2.45, 2.75) is 26.3 Å². The fourth-order valence-electron chi connectivity index (χ4n) is 4.30. The maximum absolute atomic E-state index is 13.3. The number of piperazine rings is 1. The molecule has 1 amide bonds. The first-order chi connectivity index (χ1) is 18.4. The molecule has 2 atom stereocenters. The van der Waals surface area contributed by atoms with E-state index in [-0.39, 0.29) is 40.6 Å². The van der Waals surface area contributed by atoms with Gasteiger partial charge in [0.25, 0.3) is 17.1 Å². The van der Waals surface area contributed by atoms with Crippen molar-refractivity contribution in [3.8, 4) is 5.75 Å². The summed E-state index contributed by atoms with van der Waals surface area (Å²) in [5, 5.41) is 17.2. The quantitative estimate of drug-likeness (QED) is 0.404. The average molecular weight is 537 g/mol. The molecule has 3 N–H and O–H groups in total. The summed E-state index contributed by atoms with van der Waals surface area (Å²) < 4.78 is 26.0. The zero-order valence-electron chi connectivity index (χ0n) is 21.0. The number of aromatic hydroxyl groups is 1. The van der Waals surface area contributed by atoms with Gasteiger partial charge in [-0.25, -0.2) is 14.2 Å². The van der Waals surface area contributed by atoms with Crippen LogP contribution in [-0.4, -0.2) is 67.9 Å². The number of amidine groups is 2. The third-order valence-electron chi connectivity index (χ3n) is 6.31. The second kappa shape index (κ2) is 11.0. The van der Waals surface area contributed by atoms with Crippen LogP contribution in [0.2, 0.25) is 0 Å². The monoisotopic (exact) mass is 536 g/mol. The van der Waals surface area contributed by atoms with Crippen LogP contribution in [0, 0.1) is 6.92 Å². The van der Waals surface area contributed by atoms with Gasteiger partial charge in [-0.1, -0.05) is 13.0 Å². The van der Waals surface area contributed by atoms with E-state index in [0.29, 0.717) is 38.5 Å². The standard InChI is InChI=1S/C25H28N8O4S/c1-3-18(20-9-8-16(2)37-20)28-22-23(31-38(36)30-22)29-19-7-4-6-17(21(19)34)24(35)32-12-14-33(15-13-32)25-26-10-5-11-27-25/h4-11,18,34H,3,12-15H2,1-2H3,(H,28,30)(H,29,31)/t18-,38?/m1/s1. The summed E-state index contributed by atoms with van der Waals surface area (Å²) >= 11 is -1.82. The number of hydrogen-bond donors (Lipinski definition) is 3. The molecule has 1 aromatic carbocycles. The minimum Gasteiger partial charge on any atom is -0.505 e. The average Bonchev–Trinajstić information content (AvgIpc) is 3.53. The van der Waals surface area contributed by atoms with Crippen molar-refractivity contribution >= 4 is 40.4 Å². The lowest BCUT2D eigenvalue weighted by Gasteiger charge is -2.34. The number of nitrogens with one attached hydrogen (secondary N) is 2. The molecule has 0 aliphatic carbocycles. The van der Waals surface area contributed by atoms with Gasteiger partial charge in [0.1, 0.15) is 11.5 Å². The van der Waals surface area contributed by atoms with E-state index in [1.54, 1.807) is 41.6 Å². The van der Waals surface area contributed by atoms with E-state index < -0.39 is 11.2 Å². The van der Waals surface area contributed by atoms with Crippen LogP contribution in [0.3, 0.4) is 0 Å². The van der Waals surface area contributed by atoms with E-state index in [1.165, 1.54) is 0 Å². The number of carbonyl (C=O) groups excluding carboxylic acids is 1. The molecule has 2 aromatic heterocycles. The zero-order valence-corrected chi connectivity index (χ0v) is 21.8. The van der Waals surface area contributed by atoms with Crippen molar-refractivity contribution < 1.29 is 18.5 Å². The third kappa shape index (κ3) is 5.37. The lowest BCUT2D eigenvalue weighted by Crippen LogP contribution is -2.49. The highest BCUT2D eigenvalue weighted by atomic mass is 32.2. The molecule has 12 nitrogen and oxygen atoms in total. The van der Waals surface area contributed by atoms with Crippen LogP contribution in [0.4, 0.5) is 11.6 Å². The molecule has 1 unspecified atom stereocenters. The molecule has 4 heterocycles. The summed E-state index contributed by atoms with van der Waals surface area (Å²) in [6.45, 7) is 5.94. The number of furan rings is 1. The van der Waals surface area contributed by atoms with Gasteiger partial charge >= 0.3 is 0 Å². The number of anilines is 2. The van der Waals surface area contributed by atoms with Crippen molar-refractivity contribution in [1.82, 2.24) is 20.2 Å². The predicted molar refractivity (Wildman–Crippen MR) is 145 cm³/mol. The number of aryl methyl sites for hydroxylation is 1. The normalized spacial score (nSPS) is 18.1. The Labute approximate surface area is 222 Å². The zero-order chi connectivity index (χ0) is 26.6. The topological polar surface area (TPSA) is 149 Å². The van der Waals surface area contributed by atoms with Gasteiger partial charge in [-0.05, 0) is 43.7 Å². The number of para-hydroxylation sites is 1.